The molecule has 0 saturated carbocycles. The minimum atomic E-state index is -0.581. The number of carbonyl (C=O) groups excluding carboxylic acids is 1. The summed E-state index contributed by atoms with van der Waals surface area (Å²) >= 11 is 0. The first-order chi connectivity index (χ1) is 12.1. The number of ether oxygens (including phenoxy) is 1. The zero-order chi connectivity index (χ0) is 17.6. The Morgan fingerprint density at radius 1 is 1.20 bits per heavy atom. The van der Waals surface area contributed by atoms with Crippen molar-refractivity contribution in [1.82, 2.24) is 4.90 Å². The van der Waals surface area contributed by atoms with Crippen molar-refractivity contribution in [3.8, 4) is 0 Å². The maximum atomic E-state index is 13.5. The van der Waals surface area contributed by atoms with Crippen molar-refractivity contribution in [2.45, 2.75) is 31.6 Å². The van der Waals surface area contributed by atoms with E-state index in [0.29, 0.717) is 19.6 Å². The van der Waals surface area contributed by atoms with Crippen LogP contribution in [0.25, 0.3) is 0 Å². The number of amides is 1. The lowest BCUT2D eigenvalue weighted by atomic mass is 10.0. The van der Waals surface area contributed by atoms with E-state index in [0.717, 1.165) is 11.1 Å². The van der Waals surface area contributed by atoms with Gasteiger partial charge in [0.15, 0.2) is 0 Å². The summed E-state index contributed by atoms with van der Waals surface area (Å²) in [5.74, 6) is -0.420. The summed E-state index contributed by atoms with van der Waals surface area (Å²) in [4.78, 5) is 14.1. The highest BCUT2D eigenvalue weighted by atomic mass is 19.1. The predicted molar refractivity (Wildman–Crippen MR) is 92.2 cm³/mol. The van der Waals surface area contributed by atoms with Crippen molar-refractivity contribution >= 4 is 5.91 Å². The van der Waals surface area contributed by atoms with Gasteiger partial charge in [0.25, 0.3) is 0 Å². The average Bonchev–Trinajstić information content (AvgIpc) is 3.01. The Morgan fingerprint density at radius 3 is 2.76 bits per heavy atom. The molecule has 3 rings (SSSR count). The number of aliphatic hydroxyl groups is 1. The van der Waals surface area contributed by atoms with Crippen molar-refractivity contribution in [1.29, 1.82) is 0 Å². The Balaban J connectivity index is 1.54. The van der Waals surface area contributed by atoms with Gasteiger partial charge in [-0.15, -0.1) is 0 Å². The second kappa shape index (κ2) is 8.23. The van der Waals surface area contributed by atoms with Crippen LogP contribution in [0, 0.1) is 5.82 Å². The molecule has 132 valence electrons. The van der Waals surface area contributed by atoms with Crippen LogP contribution in [-0.2, 0) is 16.1 Å². The minimum absolute atomic E-state index is 0.0844. The van der Waals surface area contributed by atoms with Gasteiger partial charge in [-0.3, -0.25) is 4.79 Å². The van der Waals surface area contributed by atoms with Crippen molar-refractivity contribution < 1.29 is 19.0 Å². The van der Waals surface area contributed by atoms with E-state index >= 15 is 0 Å². The Kier molecular flexibility index (Phi) is 5.79. The normalized spacial score (nSPS) is 20.0. The number of hydrogen-bond acceptors (Lipinski definition) is 3. The topological polar surface area (TPSA) is 49.8 Å². The summed E-state index contributed by atoms with van der Waals surface area (Å²) in [6.45, 7) is 1.05. The Morgan fingerprint density at radius 2 is 2.00 bits per heavy atom. The third-order valence-corrected chi connectivity index (χ3v) is 4.40. The van der Waals surface area contributed by atoms with Crippen LogP contribution in [0.15, 0.2) is 54.6 Å². The molecular formula is C20H22FNO3. The van der Waals surface area contributed by atoms with E-state index in [1.54, 1.807) is 17.0 Å². The highest BCUT2D eigenvalue weighted by Gasteiger charge is 2.35. The van der Waals surface area contributed by atoms with Crippen LogP contribution in [0.1, 0.15) is 30.0 Å². The van der Waals surface area contributed by atoms with E-state index in [9.17, 15) is 14.3 Å². The molecule has 5 heteroatoms. The van der Waals surface area contributed by atoms with E-state index in [2.05, 4.69) is 0 Å². The highest BCUT2D eigenvalue weighted by Crippen LogP contribution is 2.32. The lowest BCUT2D eigenvalue weighted by molar-refractivity contribution is -0.133. The first kappa shape index (κ1) is 17.6. The average molecular weight is 343 g/mol. The molecule has 1 aliphatic heterocycles. The molecule has 1 amide bonds. The first-order valence-corrected chi connectivity index (χ1v) is 8.48. The number of halogens is 1. The molecule has 4 nitrogen and oxygen atoms in total. The van der Waals surface area contributed by atoms with Crippen molar-refractivity contribution in [3.05, 3.63) is 71.5 Å². The van der Waals surface area contributed by atoms with Crippen LogP contribution in [0.3, 0.4) is 0 Å². The molecule has 1 saturated heterocycles. The minimum Gasteiger partial charge on any atom is -0.391 e. The first-order valence-electron chi connectivity index (χ1n) is 8.48. The maximum absolute atomic E-state index is 13.5. The van der Waals surface area contributed by atoms with E-state index in [1.165, 1.54) is 12.1 Å². The molecule has 2 aromatic carbocycles. The molecule has 0 spiro atoms. The summed E-state index contributed by atoms with van der Waals surface area (Å²) in [5.41, 5.74) is 1.78. The van der Waals surface area contributed by atoms with Crippen LogP contribution in [0.2, 0.25) is 0 Å². The Bertz CT molecular complexity index is 707. The molecule has 1 heterocycles. The van der Waals surface area contributed by atoms with Crippen molar-refractivity contribution in [3.63, 3.8) is 0 Å². The highest BCUT2D eigenvalue weighted by molar-refractivity contribution is 5.77. The zero-order valence-corrected chi connectivity index (χ0v) is 14.0. The van der Waals surface area contributed by atoms with Crippen molar-refractivity contribution in [2.24, 2.45) is 0 Å². The Labute approximate surface area is 146 Å². The lowest BCUT2D eigenvalue weighted by Gasteiger charge is -2.25. The number of β-amino-alcohol motifs (C(OH)–C–C–N with tert-alkyl or cyclic N) is 1. The van der Waals surface area contributed by atoms with Gasteiger partial charge in [-0.05, 0) is 29.7 Å². The van der Waals surface area contributed by atoms with Gasteiger partial charge in [-0.1, -0.05) is 42.5 Å². The van der Waals surface area contributed by atoms with Gasteiger partial charge in [0.1, 0.15) is 5.82 Å². The number of likely N-dealkylation sites (tertiary alicyclic amines) is 1. The van der Waals surface area contributed by atoms with Gasteiger partial charge in [-0.2, -0.15) is 0 Å². The monoisotopic (exact) mass is 343 g/mol. The zero-order valence-electron chi connectivity index (χ0n) is 14.0. The number of aliphatic hydroxyl groups excluding tert-OH is 1. The quantitative estimate of drug-likeness (QED) is 0.820. The molecular weight excluding hydrogens is 321 g/mol. The fourth-order valence-electron chi connectivity index (χ4n) is 3.19. The largest absolute Gasteiger partial charge is 0.391 e. The maximum Gasteiger partial charge on any atom is 0.225 e. The third-order valence-electron chi connectivity index (χ3n) is 4.40. The molecule has 2 atom stereocenters. The summed E-state index contributed by atoms with van der Waals surface area (Å²) < 4.78 is 19.0. The van der Waals surface area contributed by atoms with E-state index < -0.39 is 6.10 Å². The van der Waals surface area contributed by atoms with Crippen LogP contribution < -0.4 is 0 Å². The molecule has 0 radical (unpaired) electrons. The SMILES string of the molecule is O=C(CCOCc1ccccc1)N1C[C@H](O)C[C@H]1c1cccc(F)c1. The Hall–Kier alpha value is -2.24. The smallest absolute Gasteiger partial charge is 0.225 e. The molecule has 0 unspecified atom stereocenters. The summed E-state index contributed by atoms with van der Waals surface area (Å²) in [6.07, 6.45) is 0.0910. The van der Waals surface area contributed by atoms with Crippen LogP contribution in [0.4, 0.5) is 4.39 Å². The number of hydrogen-bond donors (Lipinski definition) is 1. The molecule has 1 N–H and O–H groups in total. The summed E-state index contributed by atoms with van der Waals surface area (Å²) in [6, 6.07) is 15.7. The summed E-state index contributed by atoms with van der Waals surface area (Å²) in [5, 5.41) is 9.95. The van der Waals surface area contributed by atoms with Gasteiger partial charge < -0.3 is 14.7 Å². The molecule has 0 bridgehead atoms. The van der Waals surface area contributed by atoms with E-state index in [-0.39, 0.29) is 30.7 Å². The van der Waals surface area contributed by atoms with E-state index in [1.807, 2.05) is 30.3 Å². The fraction of sp³-hybridized carbons (Fsp3) is 0.350. The number of nitrogens with zero attached hydrogens (tertiary/aromatic N) is 1. The summed E-state index contributed by atoms with van der Waals surface area (Å²) in [7, 11) is 0. The van der Waals surface area contributed by atoms with Gasteiger partial charge in [-0.25, -0.2) is 4.39 Å². The number of rotatable bonds is 6. The molecule has 0 aromatic heterocycles. The van der Waals surface area contributed by atoms with Gasteiger partial charge in [0, 0.05) is 6.54 Å². The molecule has 2 aromatic rings. The van der Waals surface area contributed by atoms with Gasteiger partial charge in [0.2, 0.25) is 5.91 Å². The number of benzene rings is 2. The van der Waals surface area contributed by atoms with Gasteiger partial charge in [0.05, 0.1) is 31.8 Å². The van der Waals surface area contributed by atoms with Gasteiger partial charge >= 0.3 is 0 Å². The lowest BCUT2D eigenvalue weighted by Crippen LogP contribution is -2.32. The van der Waals surface area contributed by atoms with Crippen LogP contribution >= 0.6 is 0 Å². The molecule has 1 aliphatic rings. The van der Waals surface area contributed by atoms with Crippen LogP contribution in [0.5, 0.6) is 0 Å². The second-order valence-electron chi connectivity index (χ2n) is 6.29. The number of carbonyl (C=O) groups is 1. The van der Waals surface area contributed by atoms with Crippen molar-refractivity contribution in [2.75, 3.05) is 13.2 Å². The third kappa shape index (κ3) is 4.65. The fourth-order valence-corrected chi connectivity index (χ4v) is 3.19. The van der Waals surface area contributed by atoms with Crippen LogP contribution in [-0.4, -0.2) is 35.2 Å². The second-order valence-corrected chi connectivity index (χ2v) is 6.29. The van der Waals surface area contributed by atoms with E-state index in [4.69, 9.17) is 4.74 Å². The standard InChI is InChI=1S/C20H22FNO3/c21-17-8-4-7-16(11-17)19-12-18(23)13-22(19)20(24)9-10-25-14-15-5-2-1-3-6-15/h1-8,11,18-19,23H,9-10,12-14H2/t18-,19+/m1/s1. The predicted octanol–water partition coefficient (Wildman–Crippen LogP) is 3.07. The molecule has 0 aliphatic carbocycles. The molecule has 25 heavy (non-hydrogen) atoms. The molecule has 1 fully saturated rings.